The van der Waals surface area contributed by atoms with Gasteiger partial charge in [0, 0.05) is 9.61 Å². The molecule has 112 valence electrons. The molecule has 1 N–H and O–H groups in total. The van der Waals surface area contributed by atoms with Crippen LogP contribution >= 0.6 is 22.6 Å². The maximum Gasteiger partial charge on any atom is 0.119 e. The molecule has 2 rings (SSSR count). The number of likely N-dealkylation sites (N-methyl/N-ethyl adjacent to an activating group) is 1. The van der Waals surface area contributed by atoms with E-state index in [4.69, 9.17) is 4.74 Å². The average molecular weight is 395 g/mol. The lowest BCUT2D eigenvalue weighted by molar-refractivity contribution is 0.413. The van der Waals surface area contributed by atoms with Crippen molar-refractivity contribution in [1.29, 1.82) is 0 Å². The van der Waals surface area contributed by atoms with Crippen LogP contribution in [0.3, 0.4) is 0 Å². The predicted molar refractivity (Wildman–Crippen MR) is 97.0 cm³/mol. The number of halogens is 1. The molecule has 0 heterocycles. The summed E-state index contributed by atoms with van der Waals surface area (Å²) in [6.07, 6.45) is 2.05. The minimum absolute atomic E-state index is 0.446. The third-order valence-corrected chi connectivity index (χ3v) is 4.22. The van der Waals surface area contributed by atoms with Crippen LogP contribution in [0.2, 0.25) is 0 Å². The van der Waals surface area contributed by atoms with Crippen molar-refractivity contribution in [3.05, 3.63) is 63.2 Å². The molecule has 0 radical (unpaired) electrons. The molecular weight excluding hydrogens is 373 g/mol. The quantitative estimate of drug-likeness (QED) is 0.714. The summed E-state index contributed by atoms with van der Waals surface area (Å²) in [7, 11) is 1.71. The molecule has 1 unspecified atom stereocenters. The van der Waals surface area contributed by atoms with Gasteiger partial charge in [0.15, 0.2) is 0 Å². The van der Waals surface area contributed by atoms with Gasteiger partial charge in [-0.05, 0) is 77.4 Å². The number of benzene rings is 2. The number of hydrogen-bond acceptors (Lipinski definition) is 2. The van der Waals surface area contributed by atoms with Gasteiger partial charge in [0.2, 0.25) is 0 Å². The van der Waals surface area contributed by atoms with Gasteiger partial charge in [-0.1, -0.05) is 31.2 Å². The highest BCUT2D eigenvalue weighted by Crippen LogP contribution is 2.16. The highest BCUT2D eigenvalue weighted by Gasteiger charge is 2.10. The van der Waals surface area contributed by atoms with Crippen LogP contribution in [-0.4, -0.2) is 19.7 Å². The summed E-state index contributed by atoms with van der Waals surface area (Å²) in [5, 5.41) is 3.59. The van der Waals surface area contributed by atoms with E-state index in [1.54, 1.807) is 7.11 Å². The van der Waals surface area contributed by atoms with Gasteiger partial charge in [0.25, 0.3) is 0 Å². The molecule has 2 aromatic rings. The van der Waals surface area contributed by atoms with Crippen molar-refractivity contribution in [2.24, 2.45) is 0 Å². The first kappa shape index (κ1) is 16.3. The Morgan fingerprint density at radius 3 is 2.43 bits per heavy atom. The molecule has 0 aliphatic carbocycles. The van der Waals surface area contributed by atoms with Gasteiger partial charge in [-0.3, -0.25) is 0 Å². The first-order chi connectivity index (χ1) is 10.2. The van der Waals surface area contributed by atoms with Gasteiger partial charge in [-0.15, -0.1) is 0 Å². The van der Waals surface area contributed by atoms with E-state index < -0.39 is 0 Å². The molecule has 0 fully saturated rings. The fraction of sp³-hybridized carbons (Fsp3) is 0.333. The Morgan fingerprint density at radius 2 is 1.76 bits per heavy atom. The summed E-state index contributed by atoms with van der Waals surface area (Å²) in [6.45, 7) is 3.14. The SMILES string of the molecule is CCNC(Cc1ccc(I)cc1)Cc1cccc(OC)c1. The molecule has 1 atom stereocenters. The Hall–Kier alpha value is -1.07. The van der Waals surface area contributed by atoms with E-state index in [0.29, 0.717) is 6.04 Å². The Labute approximate surface area is 141 Å². The van der Waals surface area contributed by atoms with E-state index in [9.17, 15) is 0 Å². The maximum absolute atomic E-state index is 5.31. The first-order valence-electron chi connectivity index (χ1n) is 7.32. The zero-order valence-electron chi connectivity index (χ0n) is 12.6. The Kier molecular flexibility index (Phi) is 6.51. The summed E-state index contributed by atoms with van der Waals surface area (Å²) in [4.78, 5) is 0. The average Bonchev–Trinajstić information content (AvgIpc) is 2.50. The van der Waals surface area contributed by atoms with Gasteiger partial charge in [-0.25, -0.2) is 0 Å². The molecule has 3 heteroatoms. The molecule has 21 heavy (non-hydrogen) atoms. The second kappa shape index (κ2) is 8.39. The standard InChI is InChI=1S/C18H22INO/c1-3-20-17(11-14-7-9-16(19)10-8-14)12-15-5-4-6-18(13-15)21-2/h4-10,13,17,20H,3,11-12H2,1-2H3. The van der Waals surface area contributed by atoms with E-state index >= 15 is 0 Å². The lowest BCUT2D eigenvalue weighted by atomic mass is 9.99. The molecule has 0 aliphatic heterocycles. The van der Waals surface area contributed by atoms with Crippen molar-refractivity contribution in [3.63, 3.8) is 0 Å². The molecule has 0 aromatic heterocycles. The summed E-state index contributed by atoms with van der Waals surface area (Å²) in [5.41, 5.74) is 2.69. The smallest absolute Gasteiger partial charge is 0.119 e. The summed E-state index contributed by atoms with van der Waals surface area (Å²) in [5.74, 6) is 0.928. The maximum atomic E-state index is 5.31. The molecule has 0 bridgehead atoms. The lowest BCUT2D eigenvalue weighted by Gasteiger charge is -2.18. The number of ether oxygens (including phenoxy) is 1. The second-order valence-corrected chi connectivity index (χ2v) is 6.39. The van der Waals surface area contributed by atoms with Crippen LogP contribution in [-0.2, 0) is 12.8 Å². The van der Waals surface area contributed by atoms with Crippen molar-refractivity contribution in [3.8, 4) is 5.75 Å². The van der Waals surface area contributed by atoms with Crippen LogP contribution in [0, 0.1) is 3.57 Å². The number of hydrogen-bond donors (Lipinski definition) is 1. The van der Waals surface area contributed by atoms with Crippen LogP contribution in [0.25, 0.3) is 0 Å². The molecule has 0 saturated heterocycles. The fourth-order valence-electron chi connectivity index (χ4n) is 2.49. The number of methoxy groups -OCH3 is 1. The van der Waals surface area contributed by atoms with Crippen molar-refractivity contribution in [2.75, 3.05) is 13.7 Å². The van der Waals surface area contributed by atoms with Gasteiger partial charge in [0.1, 0.15) is 5.75 Å². The number of nitrogens with one attached hydrogen (secondary N) is 1. The van der Waals surface area contributed by atoms with E-state index in [2.05, 4.69) is 77.3 Å². The zero-order valence-corrected chi connectivity index (χ0v) is 14.8. The third kappa shape index (κ3) is 5.32. The largest absolute Gasteiger partial charge is 0.497 e. The highest BCUT2D eigenvalue weighted by molar-refractivity contribution is 14.1. The van der Waals surface area contributed by atoms with Crippen molar-refractivity contribution in [1.82, 2.24) is 5.32 Å². The second-order valence-electron chi connectivity index (χ2n) is 5.14. The van der Waals surface area contributed by atoms with Crippen LogP contribution in [0.1, 0.15) is 18.1 Å². The van der Waals surface area contributed by atoms with Gasteiger partial charge in [0.05, 0.1) is 7.11 Å². The summed E-state index contributed by atoms with van der Waals surface area (Å²) >= 11 is 2.34. The third-order valence-electron chi connectivity index (χ3n) is 3.50. The fourth-order valence-corrected chi connectivity index (χ4v) is 2.85. The minimum Gasteiger partial charge on any atom is -0.497 e. The summed E-state index contributed by atoms with van der Waals surface area (Å²) < 4.78 is 6.59. The van der Waals surface area contributed by atoms with Crippen LogP contribution in [0.15, 0.2) is 48.5 Å². The van der Waals surface area contributed by atoms with E-state index in [0.717, 1.165) is 25.1 Å². The van der Waals surface area contributed by atoms with E-state index in [1.165, 1.54) is 14.7 Å². The number of rotatable bonds is 7. The lowest BCUT2D eigenvalue weighted by Crippen LogP contribution is -2.33. The highest BCUT2D eigenvalue weighted by atomic mass is 127. The Bertz CT molecular complexity index is 553. The molecule has 2 nitrogen and oxygen atoms in total. The van der Waals surface area contributed by atoms with Crippen LogP contribution in [0.5, 0.6) is 5.75 Å². The Morgan fingerprint density at radius 1 is 1.05 bits per heavy atom. The van der Waals surface area contributed by atoms with Gasteiger partial charge < -0.3 is 10.1 Å². The van der Waals surface area contributed by atoms with E-state index in [1.807, 2.05) is 6.07 Å². The molecular formula is C18H22INO. The monoisotopic (exact) mass is 395 g/mol. The first-order valence-corrected chi connectivity index (χ1v) is 8.40. The molecule has 0 saturated carbocycles. The summed E-state index contributed by atoms with van der Waals surface area (Å²) in [6, 6.07) is 17.6. The van der Waals surface area contributed by atoms with E-state index in [-0.39, 0.29) is 0 Å². The zero-order chi connectivity index (χ0) is 15.1. The van der Waals surface area contributed by atoms with Gasteiger partial charge >= 0.3 is 0 Å². The van der Waals surface area contributed by atoms with Crippen molar-refractivity contribution < 1.29 is 4.74 Å². The molecule has 0 spiro atoms. The normalized spacial score (nSPS) is 12.1. The molecule has 0 amide bonds. The Balaban J connectivity index is 2.05. The van der Waals surface area contributed by atoms with Gasteiger partial charge in [-0.2, -0.15) is 0 Å². The van der Waals surface area contributed by atoms with Crippen LogP contribution in [0.4, 0.5) is 0 Å². The molecule has 2 aromatic carbocycles. The van der Waals surface area contributed by atoms with Crippen molar-refractivity contribution in [2.45, 2.75) is 25.8 Å². The molecule has 0 aliphatic rings. The van der Waals surface area contributed by atoms with Crippen LogP contribution < -0.4 is 10.1 Å². The topological polar surface area (TPSA) is 21.3 Å². The minimum atomic E-state index is 0.446. The van der Waals surface area contributed by atoms with Crippen molar-refractivity contribution >= 4 is 22.6 Å². The predicted octanol–water partition coefficient (Wildman–Crippen LogP) is 4.06.